The van der Waals surface area contributed by atoms with Crippen molar-refractivity contribution in [2.45, 2.75) is 65.8 Å². The summed E-state index contributed by atoms with van der Waals surface area (Å²) in [4.78, 5) is 32.3. The molecule has 0 aliphatic carbocycles. The minimum absolute atomic E-state index is 0.0567. The molecule has 0 unspecified atom stereocenters. The fourth-order valence-corrected chi connectivity index (χ4v) is 6.71. The van der Waals surface area contributed by atoms with E-state index in [1.807, 2.05) is 36.1 Å². The average molecular weight is 667 g/mol. The number of carbonyl (C=O) groups excluding carboxylic acids is 1. The van der Waals surface area contributed by atoms with Gasteiger partial charge in [-0.15, -0.1) is 0 Å². The lowest BCUT2D eigenvalue weighted by atomic mass is 10.00. The van der Waals surface area contributed by atoms with Crippen LogP contribution in [0.3, 0.4) is 0 Å². The number of aryl methyl sites for hydroxylation is 2. The van der Waals surface area contributed by atoms with Crippen LogP contribution in [0.2, 0.25) is 0 Å². The maximum Gasteiger partial charge on any atom is 0.254 e. The van der Waals surface area contributed by atoms with E-state index in [1.54, 1.807) is 12.4 Å². The van der Waals surface area contributed by atoms with Crippen molar-refractivity contribution in [2.75, 3.05) is 32.7 Å². The van der Waals surface area contributed by atoms with Crippen LogP contribution in [0, 0.1) is 13.8 Å². The molecule has 1 saturated heterocycles. The molecule has 4 heterocycles. The average Bonchev–Trinajstić information content (AvgIpc) is 3.78. The second-order valence-corrected chi connectivity index (χ2v) is 13.5. The molecular weight excluding hydrogens is 617 g/mol. The number of unbranched alkanes of at least 4 members (excludes halogenated alkanes) is 3. The van der Waals surface area contributed by atoms with Gasteiger partial charge in [0.15, 0.2) is 0 Å². The van der Waals surface area contributed by atoms with Crippen LogP contribution in [0.4, 0.5) is 0 Å². The molecule has 7 nitrogen and oxygen atoms in total. The summed E-state index contributed by atoms with van der Waals surface area (Å²) >= 11 is 0. The molecule has 0 N–H and O–H groups in total. The Morgan fingerprint density at radius 1 is 0.880 bits per heavy atom. The summed E-state index contributed by atoms with van der Waals surface area (Å²) in [6.07, 6.45) is 17.1. The Morgan fingerprint density at radius 2 is 1.66 bits per heavy atom. The van der Waals surface area contributed by atoms with Crippen LogP contribution < -0.4 is 0 Å². The molecule has 0 bridgehead atoms. The largest absolute Gasteiger partial charge is 0.335 e. The Labute approximate surface area is 297 Å². The predicted octanol–water partition coefficient (Wildman–Crippen LogP) is 8.75. The summed E-state index contributed by atoms with van der Waals surface area (Å²) in [5, 5.41) is 0. The fourth-order valence-electron chi connectivity index (χ4n) is 6.71. The number of nitrogens with zero attached hydrogens (tertiary/aromatic N) is 6. The maximum absolute atomic E-state index is 13.9. The van der Waals surface area contributed by atoms with Crippen molar-refractivity contribution in [3.05, 3.63) is 137 Å². The normalized spacial score (nSPS) is 13.9. The zero-order valence-electron chi connectivity index (χ0n) is 29.9. The van der Waals surface area contributed by atoms with E-state index in [9.17, 15) is 4.79 Å². The van der Waals surface area contributed by atoms with Crippen molar-refractivity contribution in [1.29, 1.82) is 0 Å². The van der Waals surface area contributed by atoms with Crippen molar-refractivity contribution >= 4 is 28.6 Å². The van der Waals surface area contributed by atoms with Crippen LogP contribution in [0.5, 0.6) is 0 Å². The van der Waals surface area contributed by atoms with Crippen molar-refractivity contribution in [3.63, 3.8) is 0 Å². The number of imidazole rings is 1. The van der Waals surface area contributed by atoms with E-state index in [2.05, 4.69) is 100 Å². The Balaban J connectivity index is 1.16. The highest BCUT2D eigenvalue weighted by atomic mass is 16.2. The van der Waals surface area contributed by atoms with Gasteiger partial charge in [0.05, 0.1) is 23.1 Å². The highest BCUT2D eigenvalue weighted by Gasteiger charge is 2.16. The molecule has 0 radical (unpaired) electrons. The number of rotatable bonds is 15. The van der Waals surface area contributed by atoms with E-state index in [1.165, 1.54) is 30.4 Å². The standard InChI is InChI=1S/C43H50N6O/c1-4-5-6-7-28-48(43(50)37-21-17-35(18-22-37)32-49-34(3)45-41-31-44-25-23-42(41)49)29-11-13-38-12-10-14-40(46-38)39(24-30-47-26-8-9-27-47)36-19-15-33(2)16-20-36/h10-25,31H,4-9,26-30,32H2,1-3H3/b13-11+,39-24+. The van der Waals surface area contributed by atoms with Gasteiger partial charge in [0, 0.05) is 43.5 Å². The lowest BCUT2D eigenvalue weighted by molar-refractivity contribution is 0.0771. The van der Waals surface area contributed by atoms with Gasteiger partial charge in [-0.25, -0.2) is 9.97 Å². The van der Waals surface area contributed by atoms with Crippen LogP contribution in [0.15, 0.2) is 97.3 Å². The molecule has 50 heavy (non-hydrogen) atoms. The molecule has 5 aromatic rings. The van der Waals surface area contributed by atoms with Crippen molar-refractivity contribution in [2.24, 2.45) is 0 Å². The summed E-state index contributed by atoms with van der Waals surface area (Å²) in [6.45, 7) is 11.5. The first kappa shape index (κ1) is 35.0. The number of carbonyl (C=O) groups is 1. The van der Waals surface area contributed by atoms with E-state index in [-0.39, 0.29) is 5.91 Å². The summed E-state index contributed by atoms with van der Waals surface area (Å²) in [5.41, 5.74) is 9.25. The minimum atomic E-state index is 0.0567. The van der Waals surface area contributed by atoms with Gasteiger partial charge in [-0.1, -0.05) is 86.4 Å². The van der Waals surface area contributed by atoms with Crippen LogP contribution in [0.1, 0.15) is 89.7 Å². The van der Waals surface area contributed by atoms with E-state index in [4.69, 9.17) is 4.98 Å². The molecule has 258 valence electrons. The molecule has 2 aromatic carbocycles. The number of benzene rings is 2. The third kappa shape index (κ3) is 9.01. The van der Waals surface area contributed by atoms with Crippen LogP contribution in [-0.4, -0.2) is 67.9 Å². The number of amides is 1. The molecule has 0 atom stereocenters. The maximum atomic E-state index is 13.9. The highest BCUT2D eigenvalue weighted by molar-refractivity contribution is 5.94. The van der Waals surface area contributed by atoms with Gasteiger partial charge in [0.1, 0.15) is 11.3 Å². The summed E-state index contributed by atoms with van der Waals surface area (Å²) < 4.78 is 2.19. The van der Waals surface area contributed by atoms with E-state index < -0.39 is 0 Å². The Hall–Kier alpha value is -4.88. The second kappa shape index (κ2) is 17.2. The van der Waals surface area contributed by atoms with Gasteiger partial charge < -0.3 is 9.47 Å². The topological polar surface area (TPSA) is 67.2 Å². The molecule has 0 saturated carbocycles. The summed E-state index contributed by atoms with van der Waals surface area (Å²) in [5.74, 6) is 1.00. The molecule has 6 rings (SSSR count). The highest BCUT2D eigenvalue weighted by Crippen LogP contribution is 2.24. The lowest BCUT2D eigenvalue weighted by Gasteiger charge is -2.21. The van der Waals surface area contributed by atoms with Crippen molar-refractivity contribution in [1.82, 2.24) is 29.3 Å². The molecule has 1 aliphatic heterocycles. The van der Waals surface area contributed by atoms with Gasteiger partial charge in [0.25, 0.3) is 5.91 Å². The molecule has 0 spiro atoms. The zero-order valence-corrected chi connectivity index (χ0v) is 29.9. The van der Waals surface area contributed by atoms with Crippen LogP contribution in [-0.2, 0) is 6.54 Å². The van der Waals surface area contributed by atoms with E-state index in [0.29, 0.717) is 18.7 Å². The third-order valence-corrected chi connectivity index (χ3v) is 9.63. The molecular formula is C43H50N6O. The quantitative estimate of drug-likeness (QED) is 0.105. The number of aromatic nitrogens is 4. The van der Waals surface area contributed by atoms with Gasteiger partial charge in [-0.05, 0) is 93.7 Å². The number of likely N-dealkylation sites (tertiary alicyclic amines) is 1. The Kier molecular flexibility index (Phi) is 12.0. The molecule has 1 aliphatic rings. The smallest absolute Gasteiger partial charge is 0.254 e. The molecule has 7 heteroatoms. The number of hydrogen-bond donors (Lipinski definition) is 0. The molecule has 1 fully saturated rings. The SMILES string of the molecule is CCCCCCN(C/C=C/c1cccc(/C(=C/CN2CCCC2)c2ccc(C)cc2)n1)C(=O)c1ccc(Cn2c(C)nc3cnccc32)cc1. The van der Waals surface area contributed by atoms with Crippen LogP contribution in [0.25, 0.3) is 22.7 Å². The van der Waals surface area contributed by atoms with Crippen molar-refractivity contribution in [3.8, 4) is 0 Å². The number of hydrogen-bond acceptors (Lipinski definition) is 5. The minimum Gasteiger partial charge on any atom is -0.335 e. The van der Waals surface area contributed by atoms with Crippen LogP contribution >= 0.6 is 0 Å². The van der Waals surface area contributed by atoms with E-state index >= 15 is 0 Å². The first-order valence-electron chi connectivity index (χ1n) is 18.3. The second-order valence-electron chi connectivity index (χ2n) is 13.5. The fraction of sp³-hybridized carbons (Fsp3) is 0.349. The van der Waals surface area contributed by atoms with Crippen molar-refractivity contribution < 1.29 is 4.79 Å². The summed E-state index contributed by atoms with van der Waals surface area (Å²) in [6, 6.07) is 25.0. The number of fused-ring (bicyclic) bond motifs is 1. The first-order chi connectivity index (χ1) is 24.5. The molecule has 3 aromatic heterocycles. The monoisotopic (exact) mass is 666 g/mol. The zero-order chi connectivity index (χ0) is 34.7. The molecule has 1 amide bonds. The Morgan fingerprint density at radius 3 is 2.44 bits per heavy atom. The van der Waals surface area contributed by atoms with Gasteiger partial charge in [0.2, 0.25) is 0 Å². The van der Waals surface area contributed by atoms with Gasteiger partial charge >= 0.3 is 0 Å². The van der Waals surface area contributed by atoms with Gasteiger partial charge in [-0.2, -0.15) is 0 Å². The number of pyridine rings is 2. The Bertz CT molecular complexity index is 1920. The van der Waals surface area contributed by atoms with Gasteiger partial charge in [-0.3, -0.25) is 14.7 Å². The summed E-state index contributed by atoms with van der Waals surface area (Å²) in [7, 11) is 0. The third-order valence-electron chi connectivity index (χ3n) is 9.63. The predicted molar refractivity (Wildman–Crippen MR) is 205 cm³/mol. The van der Waals surface area contributed by atoms with E-state index in [0.717, 1.165) is 84.8 Å². The lowest BCUT2D eigenvalue weighted by Crippen LogP contribution is -2.32. The first-order valence-corrected chi connectivity index (χ1v) is 18.3.